The summed E-state index contributed by atoms with van der Waals surface area (Å²) in [4.78, 5) is 27.0. The van der Waals surface area contributed by atoms with Gasteiger partial charge in [-0.15, -0.1) is 0 Å². The number of hydrogen-bond donors (Lipinski definition) is 2. The van der Waals surface area contributed by atoms with Gasteiger partial charge in [-0.25, -0.2) is 0 Å². The molecule has 35 heavy (non-hydrogen) atoms. The molecule has 4 rings (SSSR count). The second kappa shape index (κ2) is 11.0. The second-order valence-corrected chi connectivity index (χ2v) is 8.34. The largest absolute Gasteiger partial charge is 0.497 e. The third-order valence-electron chi connectivity index (χ3n) is 5.73. The molecule has 0 radical (unpaired) electrons. The molecule has 3 aromatic carbocycles. The fraction of sp³-hybridized carbons (Fsp3) is 0.231. The Hall–Kier alpha value is -3.91. The maximum atomic E-state index is 12.9. The summed E-state index contributed by atoms with van der Waals surface area (Å²) in [5.74, 6) is 0.713. The average Bonchev–Trinajstić information content (AvgIpc) is 3.28. The number of ether oxygens (including phenoxy) is 3. The molecule has 182 valence electrons. The van der Waals surface area contributed by atoms with Crippen molar-refractivity contribution in [1.82, 2.24) is 5.43 Å². The minimum atomic E-state index is -0.504. The zero-order valence-electron chi connectivity index (χ0n) is 19.4. The smallest absolute Gasteiger partial charge is 0.243 e. The number of amides is 2. The normalized spacial score (nSPS) is 15.0. The molecule has 0 unspecified atom stereocenters. The lowest BCUT2D eigenvalue weighted by Crippen LogP contribution is -2.36. The van der Waals surface area contributed by atoms with Crippen molar-refractivity contribution in [3.8, 4) is 17.2 Å². The molecule has 1 heterocycles. The van der Waals surface area contributed by atoms with Crippen LogP contribution in [-0.2, 0) is 16.2 Å². The van der Waals surface area contributed by atoms with E-state index in [9.17, 15) is 9.59 Å². The quantitative estimate of drug-likeness (QED) is 0.427. The van der Waals surface area contributed by atoms with Crippen LogP contribution in [0.1, 0.15) is 12.0 Å². The van der Waals surface area contributed by atoms with Gasteiger partial charge in [0.25, 0.3) is 0 Å². The molecular formula is C26H26ClN3O5. The molecule has 0 aliphatic carbocycles. The lowest BCUT2D eigenvalue weighted by molar-refractivity contribution is -0.125. The summed E-state index contributed by atoms with van der Waals surface area (Å²) in [6.45, 7) is 0.503. The molecule has 2 N–H and O–H groups in total. The molecule has 8 nitrogen and oxygen atoms in total. The standard InChI is InChI=1S/C26H26ClN3O5/c1-33-20-12-10-19(11-13-20)30-15-18(14-24(30)31)26(32)29-28-22-8-5-9-23(34-2)25(22)35-16-17-6-3-4-7-21(17)27/h3-13,18,28H,14-16H2,1-2H3,(H,29,32)/t18-/m0/s1. The number of methoxy groups -OCH3 is 2. The van der Waals surface area contributed by atoms with Crippen LogP contribution in [0.3, 0.4) is 0 Å². The highest BCUT2D eigenvalue weighted by Gasteiger charge is 2.35. The summed E-state index contributed by atoms with van der Waals surface area (Å²) >= 11 is 6.24. The maximum Gasteiger partial charge on any atom is 0.243 e. The minimum absolute atomic E-state index is 0.111. The molecule has 1 aliphatic rings. The number of nitrogens with one attached hydrogen (secondary N) is 2. The van der Waals surface area contributed by atoms with Crippen molar-refractivity contribution in [2.75, 3.05) is 31.1 Å². The Kier molecular flexibility index (Phi) is 7.62. The van der Waals surface area contributed by atoms with E-state index < -0.39 is 5.92 Å². The van der Waals surface area contributed by atoms with Gasteiger partial charge in [-0.3, -0.25) is 20.4 Å². The zero-order chi connectivity index (χ0) is 24.8. The number of hydrazine groups is 1. The second-order valence-electron chi connectivity index (χ2n) is 7.93. The van der Waals surface area contributed by atoms with Crippen molar-refractivity contribution in [3.05, 3.63) is 77.3 Å². The summed E-state index contributed by atoms with van der Waals surface area (Å²) < 4.78 is 16.6. The first kappa shape index (κ1) is 24.2. The van der Waals surface area contributed by atoms with Crippen molar-refractivity contribution in [2.24, 2.45) is 5.92 Å². The third-order valence-corrected chi connectivity index (χ3v) is 6.10. The first-order chi connectivity index (χ1) is 17.0. The number of para-hydroxylation sites is 1. The van der Waals surface area contributed by atoms with E-state index in [1.165, 1.54) is 7.11 Å². The first-order valence-electron chi connectivity index (χ1n) is 11.0. The van der Waals surface area contributed by atoms with E-state index in [2.05, 4.69) is 10.9 Å². The minimum Gasteiger partial charge on any atom is -0.497 e. The summed E-state index contributed by atoms with van der Waals surface area (Å²) in [6, 6.07) is 19.9. The molecule has 0 bridgehead atoms. The fourth-order valence-electron chi connectivity index (χ4n) is 3.82. The van der Waals surface area contributed by atoms with E-state index in [4.69, 9.17) is 25.8 Å². The van der Waals surface area contributed by atoms with E-state index in [0.717, 1.165) is 11.3 Å². The van der Waals surface area contributed by atoms with Gasteiger partial charge in [0.2, 0.25) is 11.8 Å². The van der Waals surface area contributed by atoms with Gasteiger partial charge in [0, 0.05) is 29.2 Å². The first-order valence-corrected chi connectivity index (χ1v) is 11.4. The van der Waals surface area contributed by atoms with Crippen LogP contribution in [0, 0.1) is 5.92 Å². The molecular weight excluding hydrogens is 470 g/mol. The Morgan fingerprint density at radius 1 is 1.03 bits per heavy atom. The molecule has 2 amide bonds. The topological polar surface area (TPSA) is 89.1 Å². The highest BCUT2D eigenvalue weighted by molar-refractivity contribution is 6.31. The van der Waals surface area contributed by atoms with Crippen molar-refractivity contribution >= 4 is 34.8 Å². The summed E-state index contributed by atoms with van der Waals surface area (Å²) in [6.07, 6.45) is 0.119. The number of anilines is 2. The van der Waals surface area contributed by atoms with Crippen molar-refractivity contribution in [3.63, 3.8) is 0 Å². The van der Waals surface area contributed by atoms with Gasteiger partial charge < -0.3 is 19.1 Å². The lowest BCUT2D eigenvalue weighted by Gasteiger charge is -2.19. The molecule has 9 heteroatoms. The van der Waals surface area contributed by atoms with Crippen LogP contribution < -0.4 is 30.0 Å². The summed E-state index contributed by atoms with van der Waals surface area (Å²) in [5, 5.41) is 0.595. The SMILES string of the molecule is COc1ccc(N2C[C@@H](C(=O)NNc3cccc(OC)c3OCc3ccccc3Cl)CC2=O)cc1. The molecule has 0 saturated carbocycles. The van der Waals surface area contributed by atoms with E-state index in [-0.39, 0.29) is 31.4 Å². The highest BCUT2D eigenvalue weighted by Crippen LogP contribution is 2.36. The van der Waals surface area contributed by atoms with Gasteiger partial charge in [-0.05, 0) is 42.5 Å². The number of carbonyl (C=O) groups excluding carboxylic acids is 2. The van der Waals surface area contributed by atoms with E-state index >= 15 is 0 Å². The van der Waals surface area contributed by atoms with Gasteiger partial charge >= 0.3 is 0 Å². The Bertz CT molecular complexity index is 1200. The maximum absolute atomic E-state index is 12.9. The summed E-state index contributed by atoms with van der Waals surface area (Å²) in [7, 11) is 3.12. The average molecular weight is 496 g/mol. The third kappa shape index (κ3) is 5.60. The Morgan fingerprint density at radius 3 is 2.51 bits per heavy atom. The number of halogens is 1. The van der Waals surface area contributed by atoms with Crippen molar-refractivity contribution in [1.29, 1.82) is 0 Å². The van der Waals surface area contributed by atoms with Gasteiger partial charge in [-0.2, -0.15) is 0 Å². The fourth-order valence-corrected chi connectivity index (χ4v) is 4.01. The van der Waals surface area contributed by atoms with Crippen LogP contribution in [0.5, 0.6) is 17.2 Å². The Labute approximate surface area is 208 Å². The van der Waals surface area contributed by atoms with Gasteiger partial charge in [0.15, 0.2) is 11.5 Å². The van der Waals surface area contributed by atoms with Crippen LogP contribution in [0.4, 0.5) is 11.4 Å². The monoisotopic (exact) mass is 495 g/mol. The predicted octanol–water partition coefficient (Wildman–Crippen LogP) is 4.43. The molecule has 1 atom stereocenters. The molecule has 1 fully saturated rings. The van der Waals surface area contributed by atoms with E-state index in [1.807, 2.05) is 18.2 Å². The Morgan fingerprint density at radius 2 is 1.80 bits per heavy atom. The van der Waals surface area contributed by atoms with Gasteiger partial charge in [0.1, 0.15) is 12.4 Å². The van der Waals surface area contributed by atoms with Crippen molar-refractivity contribution in [2.45, 2.75) is 13.0 Å². The van der Waals surface area contributed by atoms with Crippen LogP contribution >= 0.6 is 11.6 Å². The van der Waals surface area contributed by atoms with Crippen molar-refractivity contribution < 1.29 is 23.8 Å². The van der Waals surface area contributed by atoms with Crippen LogP contribution in [0.15, 0.2) is 66.7 Å². The van der Waals surface area contributed by atoms with Crippen LogP contribution in [-0.4, -0.2) is 32.6 Å². The number of hydrogen-bond acceptors (Lipinski definition) is 6. The van der Waals surface area contributed by atoms with Gasteiger partial charge in [0.05, 0.1) is 25.8 Å². The highest BCUT2D eigenvalue weighted by atomic mass is 35.5. The molecule has 0 aromatic heterocycles. The molecule has 1 aliphatic heterocycles. The summed E-state index contributed by atoms with van der Waals surface area (Å²) in [5.41, 5.74) is 7.68. The number of carbonyl (C=O) groups is 2. The van der Waals surface area contributed by atoms with E-state index in [0.29, 0.717) is 28.0 Å². The number of nitrogens with zero attached hydrogens (tertiary/aromatic N) is 1. The van der Waals surface area contributed by atoms with Crippen LogP contribution in [0.25, 0.3) is 0 Å². The number of rotatable bonds is 9. The van der Waals surface area contributed by atoms with Gasteiger partial charge in [-0.1, -0.05) is 35.9 Å². The van der Waals surface area contributed by atoms with Crippen LogP contribution in [0.2, 0.25) is 5.02 Å². The molecule has 3 aromatic rings. The predicted molar refractivity (Wildman–Crippen MR) is 134 cm³/mol. The zero-order valence-corrected chi connectivity index (χ0v) is 20.2. The molecule has 1 saturated heterocycles. The lowest BCUT2D eigenvalue weighted by atomic mass is 10.1. The van der Waals surface area contributed by atoms with E-state index in [1.54, 1.807) is 60.5 Å². The molecule has 0 spiro atoms. The number of benzene rings is 3. The Balaban J connectivity index is 1.41.